The molecule has 3 aromatic heterocycles. The van der Waals surface area contributed by atoms with Gasteiger partial charge in [0.1, 0.15) is 0 Å². The zero-order valence-corrected chi connectivity index (χ0v) is 10.4. The second-order valence-electron chi connectivity index (χ2n) is 3.64. The minimum absolute atomic E-state index is 0.107. The van der Waals surface area contributed by atoms with E-state index in [1.807, 2.05) is 0 Å². The molecule has 0 spiro atoms. The maximum absolute atomic E-state index is 5.87. The largest absolute Gasteiger partial charge is 0.350 e. The first kappa shape index (κ1) is 11.6. The topological polar surface area (TPSA) is 97.2 Å². The number of hydrogen-bond acceptors (Lipinski definition) is 6. The third-order valence-electron chi connectivity index (χ3n) is 2.31. The van der Waals surface area contributed by atoms with Crippen LogP contribution >= 0.6 is 11.6 Å². The molecule has 0 aliphatic heterocycles. The molecule has 0 saturated heterocycles. The predicted molar refractivity (Wildman–Crippen MR) is 67.9 cm³/mol. The fourth-order valence-electron chi connectivity index (χ4n) is 1.46. The third kappa shape index (κ3) is 2.68. The van der Waals surface area contributed by atoms with Gasteiger partial charge < -0.3 is 5.32 Å². The van der Waals surface area contributed by atoms with Gasteiger partial charge in [0.2, 0.25) is 11.2 Å². The van der Waals surface area contributed by atoms with Crippen molar-refractivity contribution in [2.24, 2.45) is 0 Å². The van der Waals surface area contributed by atoms with Crippen LogP contribution in [-0.4, -0.2) is 34.9 Å². The molecule has 0 unspecified atom stereocenters. The molecule has 0 bridgehead atoms. The van der Waals surface area contributed by atoms with Crippen molar-refractivity contribution in [1.82, 2.24) is 34.9 Å². The van der Waals surface area contributed by atoms with Gasteiger partial charge in [0, 0.05) is 30.7 Å². The van der Waals surface area contributed by atoms with E-state index in [1.54, 1.807) is 30.9 Å². The molecule has 3 heterocycles. The highest BCUT2D eigenvalue weighted by Gasteiger charge is 2.07. The summed E-state index contributed by atoms with van der Waals surface area (Å²) in [4.78, 5) is 12.2. The minimum Gasteiger partial charge on any atom is -0.350 e. The van der Waals surface area contributed by atoms with E-state index in [-0.39, 0.29) is 5.28 Å². The Morgan fingerprint density at radius 3 is 3.00 bits per heavy atom. The summed E-state index contributed by atoms with van der Waals surface area (Å²) < 4.78 is 1.51. The zero-order valence-electron chi connectivity index (χ0n) is 9.66. The highest BCUT2D eigenvalue weighted by molar-refractivity contribution is 6.28. The Morgan fingerprint density at radius 2 is 2.26 bits per heavy atom. The second-order valence-corrected chi connectivity index (χ2v) is 3.98. The predicted octanol–water partition coefficient (Wildman–Crippen LogP) is 1.05. The Hall–Kier alpha value is -2.48. The smallest absolute Gasteiger partial charge is 0.256 e. The van der Waals surface area contributed by atoms with E-state index >= 15 is 0 Å². The van der Waals surface area contributed by atoms with E-state index < -0.39 is 0 Å². The summed E-state index contributed by atoms with van der Waals surface area (Å²) in [7, 11) is 0. The SMILES string of the molecule is Clc1nc(NCc2cn[nH]c2)nc(-n2cccn2)n1. The first-order valence-electron chi connectivity index (χ1n) is 5.44. The Balaban J connectivity index is 1.82. The van der Waals surface area contributed by atoms with Crippen LogP contribution in [0.4, 0.5) is 5.95 Å². The molecule has 3 aromatic rings. The van der Waals surface area contributed by atoms with Crippen molar-refractivity contribution in [3.05, 3.63) is 41.7 Å². The molecule has 96 valence electrons. The van der Waals surface area contributed by atoms with E-state index in [0.29, 0.717) is 18.4 Å². The lowest BCUT2D eigenvalue weighted by molar-refractivity contribution is 0.795. The van der Waals surface area contributed by atoms with Crippen molar-refractivity contribution in [3.8, 4) is 5.95 Å². The van der Waals surface area contributed by atoms with E-state index in [9.17, 15) is 0 Å². The van der Waals surface area contributed by atoms with Crippen molar-refractivity contribution >= 4 is 17.5 Å². The Morgan fingerprint density at radius 1 is 1.32 bits per heavy atom. The van der Waals surface area contributed by atoms with Crippen LogP contribution in [0.1, 0.15) is 5.56 Å². The fraction of sp³-hybridized carbons (Fsp3) is 0.100. The highest BCUT2D eigenvalue weighted by Crippen LogP contribution is 2.09. The first-order chi connectivity index (χ1) is 9.31. The molecule has 0 atom stereocenters. The molecule has 0 saturated carbocycles. The molecule has 9 heteroatoms. The van der Waals surface area contributed by atoms with Gasteiger partial charge in [-0.3, -0.25) is 5.10 Å². The van der Waals surface area contributed by atoms with Gasteiger partial charge in [-0.05, 0) is 17.7 Å². The minimum atomic E-state index is 0.107. The van der Waals surface area contributed by atoms with Gasteiger partial charge in [0.05, 0.1) is 6.20 Å². The lowest BCUT2D eigenvalue weighted by atomic mass is 10.4. The number of halogens is 1. The summed E-state index contributed by atoms with van der Waals surface area (Å²) in [6.45, 7) is 0.537. The van der Waals surface area contributed by atoms with Crippen LogP contribution < -0.4 is 5.32 Å². The van der Waals surface area contributed by atoms with Crippen LogP contribution in [-0.2, 0) is 6.54 Å². The number of nitrogens with zero attached hydrogens (tertiary/aromatic N) is 6. The number of aromatic nitrogens is 7. The van der Waals surface area contributed by atoms with Gasteiger partial charge in [0.25, 0.3) is 5.95 Å². The van der Waals surface area contributed by atoms with Gasteiger partial charge in [-0.2, -0.15) is 25.1 Å². The van der Waals surface area contributed by atoms with Crippen LogP contribution in [0.5, 0.6) is 0 Å². The van der Waals surface area contributed by atoms with Crippen LogP contribution in [0.25, 0.3) is 5.95 Å². The first-order valence-corrected chi connectivity index (χ1v) is 5.82. The lowest BCUT2D eigenvalue weighted by Gasteiger charge is -2.05. The van der Waals surface area contributed by atoms with E-state index in [4.69, 9.17) is 11.6 Å². The molecular weight excluding hydrogens is 268 g/mol. The quantitative estimate of drug-likeness (QED) is 0.739. The molecule has 19 heavy (non-hydrogen) atoms. The molecule has 0 fully saturated rings. The summed E-state index contributed by atoms with van der Waals surface area (Å²) in [6.07, 6.45) is 6.86. The molecule has 0 amide bonds. The molecule has 0 aliphatic rings. The van der Waals surface area contributed by atoms with Crippen LogP contribution in [0, 0.1) is 0 Å². The van der Waals surface area contributed by atoms with Crippen LogP contribution in [0.3, 0.4) is 0 Å². The monoisotopic (exact) mass is 276 g/mol. The third-order valence-corrected chi connectivity index (χ3v) is 2.48. The summed E-state index contributed by atoms with van der Waals surface area (Å²) >= 11 is 5.87. The van der Waals surface area contributed by atoms with Crippen molar-refractivity contribution < 1.29 is 0 Å². The number of anilines is 1. The van der Waals surface area contributed by atoms with Gasteiger partial charge in [-0.1, -0.05) is 0 Å². The second kappa shape index (κ2) is 5.02. The van der Waals surface area contributed by atoms with Crippen molar-refractivity contribution in [2.45, 2.75) is 6.54 Å². The molecule has 0 radical (unpaired) electrons. The Bertz CT molecular complexity index is 648. The van der Waals surface area contributed by atoms with E-state index in [2.05, 4.69) is 35.6 Å². The number of rotatable bonds is 4. The summed E-state index contributed by atoms with van der Waals surface area (Å²) in [5, 5.41) is 13.8. The fourth-order valence-corrected chi connectivity index (χ4v) is 1.62. The number of H-pyrrole nitrogens is 1. The number of aromatic amines is 1. The average Bonchev–Trinajstić information content (AvgIpc) is 3.09. The maximum Gasteiger partial charge on any atom is 0.256 e. The summed E-state index contributed by atoms with van der Waals surface area (Å²) in [6, 6.07) is 1.77. The van der Waals surface area contributed by atoms with Crippen LogP contribution in [0.2, 0.25) is 5.28 Å². The molecule has 0 aromatic carbocycles. The Labute approximate surface area is 112 Å². The average molecular weight is 277 g/mol. The van der Waals surface area contributed by atoms with E-state index in [1.165, 1.54) is 4.68 Å². The number of hydrogen-bond donors (Lipinski definition) is 2. The van der Waals surface area contributed by atoms with Gasteiger partial charge in [0.15, 0.2) is 0 Å². The van der Waals surface area contributed by atoms with Crippen LogP contribution in [0.15, 0.2) is 30.9 Å². The Kier molecular flexibility index (Phi) is 3.07. The molecular formula is C10H9ClN8. The highest BCUT2D eigenvalue weighted by atomic mass is 35.5. The van der Waals surface area contributed by atoms with E-state index in [0.717, 1.165) is 5.56 Å². The van der Waals surface area contributed by atoms with Crippen molar-refractivity contribution in [3.63, 3.8) is 0 Å². The summed E-state index contributed by atoms with van der Waals surface area (Å²) in [5.41, 5.74) is 0.983. The van der Waals surface area contributed by atoms with Gasteiger partial charge >= 0.3 is 0 Å². The number of nitrogens with one attached hydrogen (secondary N) is 2. The lowest BCUT2D eigenvalue weighted by Crippen LogP contribution is -2.09. The summed E-state index contributed by atoms with van der Waals surface area (Å²) in [5.74, 6) is 0.742. The van der Waals surface area contributed by atoms with Crippen molar-refractivity contribution in [1.29, 1.82) is 0 Å². The van der Waals surface area contributed by atoms with Crippen molar-refractivity contribution in [2.75, 3.05) is 5.32 Å². The van der Waals surface area contributed by atoms with Gasteiger partial charge in [-0.15, -0.1) is 0 Å². The normalized spacial score (nSPS) is 10.6. The molecule has 2 N–H and O–H groups in total. The van der Waals surface area contributed by atoms with Gasteiger partial charge in [-0.25, -0.2) is 4.68 Å². The maximum atomic E-state index is 5.87. The molecule has 3 rings (SSSR count). The molecule has 8 nitrogen and oxygen atoms in total. The zero-order chi connectivity index (χ0) is 13.1. The standard InChI is InChI=1S/C10H9ClN8/c11-8-16-9(12-4-7-5-13-14-6-7)18-10(17-8)19-3-1-2-15-19/h1-3,5-6H,4H2,(H,13,14)(H,12,16,17,18). The molecule has 0 aliphatic carbocycles.